The van der Waals surface area contributed by atoms with Crippen molar-refractivity contribution in [2.24, 2.45) is 0 Å². The van der Waals surface area contributed by atoms with Gasteiger partial charge >= 0.3 is 0 Å². The van der Waals surface area contributed by atoms with Crippen LogP contribution in [-0.2, 0) is 0 Å². The summed E-state index contributed by atoms with van der Waals surface area (Å²) in [5, 5.41) is 4.72. The van der Waals surface area contributed by atoms with E-state index in [0.717, 1.165) is 19.7 Å². The summed E-state index contributed by atoms with van der Waals surface area (Å²) in [6, 6.07) is 18.1. The van der Waals surface area contributed by atoms with Crippen LogP contribution in [0, 0.1) is 43.8 Å². The molecule has 0 aliphatic heterocycles. The molecule has 0 N–H and O–H groups in total. The number of benzene rings is 3. The molecule has 0 aromatic heterocycles. The number of hydrogen-bond acceptors (Lipinski definition) is 0. The molecule has 17 heavy (non-hydrogen) atoms. The van der Waals surface area contributed by atoms with E-state index in [2.05, 4.69) is 74.3 Å². The fraction of sp³-hybridized carbons (Fsp3) is 0. The van der Waals surface area contributed by atoms with Gasteiger partial charge in [0, 0.05) is 42.2 Å². The molecular weight excluding hydrogens is 493 g/mol. The van der Waals surface area contributed by atoms with E-state index in [0.29, 0.717) is 0 Å². The van der Waals surface area contributed by atoms with Crippen LogP contribution in [-0.4, -0.2) is 0 Å². The number of fused-ring (bicyclic) bond motifs is 2. The minimum absolute atomic E-state index is 0. The van der Waals surface area contributed by atoms with Gasteiger partial charge in [0.2, 0.25) is 0 Å². The monoisotopic (exact) mass is 498 g/mol. The van der Waals surface area contributed by atoms with Crippen LogP contribution in [0.5, 0.6) is 0 Å². The van der Waals surface area contributed by atoms with Crippen LogP contribution < -0.4 is 0 Å². The largest absolute Gasteiger partial charge is 0.118 e. The second kappa shape index (κ2) is 5.58. The molecule has 89 valence electrons. The average molecular weight is 500 g/mol. The van der Waals surface area contributed by atoms with Gasteiger partial charge in [0.25, 0.3) is 0 Å². The van der Waals surface area contributed by atoms with Gasteiger partial charge in [-0.1, -0.05) is 66.9 Å². The molecule has 3 heteroatoms. The Morgan fingerprint density at radius 1 is 0.765 bits per heavy atom. The van der Waals surface area contributed by atoms with Crippen molar-refractivity contribution in [2.75, 3.05) is 0 Å². The van der Waals surface area contributed by atoms with Crippen LogP contribution in [0.25, 0.3) is 21.5 Å². The fourth-order valence-corrected chi connectivity index (χ4v) is 2.54. The number of halogens is 2. The molecule has 0 saturated heterocycles. The van der Waals surface area contributed by atoms with E-state index < -0.39 is 0 Å². The maximum Gasteiger partial charge on any atom is 0.0174 e. The predicted molar refractivity (Wildman–Crippen MR) is 75.7 cm³/mol. The molecule has 0 aliphatic rings. The topological polar surface area (TPSA) is 0 Å². The van der Waals surface area contributed by atoms with Gasteiger partial charge in [-0.15, -0.1) is 35.0 Å². The van der Waals surface area contributed by atoms with E-state index in [4.69, 9.17) is 0 Å². The second-order valence-electron chi connectivity index (χ2n) is 3.71. The molecule has 0 heterocycles. The van der Waals surface area contributed by atoms with Gasteiger partial charge in [0.05, 0.1) is 0 Å². The van der Waals surface area contributed by atoms with E-state index in [1.165, 1.54) is 10.8 Å². The first-order chi connectivity index (χ1) is 7.74. The first-order valence-corrected chi connectivity index (χ1v) is 6.52. The molecule has 0 unspecified atom stereocenters. The summed E-state index contributed by atoms with van der Waals surface area (Å²) in [5.74, 6) is 0. The smallest absolute Gasteiger partial charge is 0.0174 e. The first kappa shape index (κ1) is 13.8. The predicted octanol–water partition coefficient (Wildman–Crippen LogP) is 5.32. The van der Waals surface area contributed by atoms with Crippen molar-refractivity contribution >= 4 is 53.4 Å². The SMILES string of the molecule is Brc1cc2[c-]c3ccccc3cc2cc1Br.[Ho]. The van der Waals surface area contributed by atoms with Crippen LogP contribution in [0.3, 0.4) is 0 Å². The summed E-state index contributed by atoms with van der Waals surface area (Å²) in [5.41, 5.74) is 0. The van der Waals surface area contributed by atoms with E-state index in [1.807, 2.05) is 6.07 Å². The quantitative estimate of drug-likeness (QED) is 0.223. The molecule has 0 atom stereocenters. The van der Waals surface area contributed by atoms with Gasteiger partial charge in [-0.2, -0.15) is 0 Å². The number of hydrogen-bond donors (Lipinski definition) is 0. The summed E-state index contributed by atoms with van der Waals surface area (Å²) in [6.45, 7) is 0. The molecule has 0 fully saturated rings. The van der Waals surface area contributed by atoms with Gasteiger partial charge in [-0.3, -0.25) is 0 Å². The molecule has 0 spiro atoms. The van der Waals surface area contributed by atoms with Crippen LogP contribution in [0.15, 0.2) is 51.4 Å². The summed E-state index contributed by atoms with van der Waals surface area (Å²) in [7, 11) is 0. The van der Waals surface area contributed by atoms with Crippen molar-refractivity contribution in [1.82, 2.24) is 0 Å². The fourth-order valence-electron chi connectivity index (χ4n) is 1.84. The van der Waals surface area contributed by atoms with Crippen molar-refractivity contribution in [3.63, 3.8) is 0 Å². The normalized spacial score (nSPS) is 10.5. The Bertz CT molecular complexity index is 632. The molecule has 0 saturated carbocycles. The Labute approximate surface area is 147 Å². The second-order valence-corrected chi connectivity index (χ2v) is 5.42. The van der Waals surface area contributed by atoms with Crippen molar-refractivity contribution in [3.8, 4) is 0 Å². The molecule has 0 aliphatic carbocycles. The van der Waals surface area contributed by atoms with Crippen LogP contribution in [0.1, 0.15) is 0 Å². The summed E-state index contributed by atoms with van der Waals surface area (Å²) in [4.78, 5) is 0. The molecule has 3 aromatic carbocycles. The molecule has 1 radical (unpaired) electrons. The van der Waals surface area contributed by atoms with Crippen LogP contribution >= 0.6 is 31.9 Å². The zero-order chi connectivity index (χ0) is 11.1. The molecule has 0 bridgehead atoms. The standard InChI is InChI=1S/C14H7Br2.Ho/c15-13-7-11-5-9-3-1-2-4-10(9)6-12(11)8-14(13)16;/h1-5,7-8H;/q-1;. The van der Waals surface area contributed by atoms with E-state index in [1.54, 1.807) is 0 Å². The molecular formula is C14H7Br2Ho-. The summed E-state index contributed by atoms with van der Waals surface area (Å²) < 4.78 is 2.13. The molecule has 3 rings (SSSR count). The van der Waals surface area contributed by atoms with Gasteiger partial charge in [0.15, 0.2) is 0 Å². The Balaban J connectivity index is 0.00000108. The average Bonchev–Trinajstić information content (AvgIpc) is 2.28. The maximum absolute atomic E-state index is 3.52. The van der Waals surface area contributed by atoms with Crippen LogP contribution in [0.4, 0.5) is 0 Å². The Hall–Kier alpha value is 0.400. The van der Waals surface area contributed by atoms with Gasteiger partial charge in [0.1, 0.15) is 0 Å². The van der Waals surface area contributed by atoms with Crippen molar-refractivity contribution in [1.29, 1.82) is 0 Å². The van der Waals surface area contributed by atoms with E-state index >= 15 is 0 Å². The summed E-state index contributed by atoms with van der Waals surface area (Å²) in [6.07, 6.45) is 0. The van der Waals surface area contributed by atoms with Crippen molar-refractivity contribution in [2.45, 2.75) is 0 Å². The third-order valence-corrected chi connectivity index (χ3v) is 4.48. The zero-order valence-electron chi connectivity index (χ0n) is 8.60. The maximum atomic E-state index is 3.52. The minimum atomic E-state index is 0. The van der Waals surface area contributed by atoms with Crippen LogP contribution in [0.2, 0.25) is 0 Å². The third-order valence-electron chi connectivity index (χ3n) is 2.63. The zero-order valence-corrected chi connectivity index (χ0v) is 13.7. The Kier molecular flexibility index (Phi) is 4.54. The first-order valence-electron chi connectivity index (χ1n) is 4.94. The van der Waals surface area contributed by atoms with Crippen molar-refractivity contribution < 1.29 is 37.7 Å². The number of rotatable bonds is 0. The van der Waals surface area contributed by atoms with Gasteiger partial charge < -0.3 is 0 Å². The van der Waals surface area contributed by atoms with Crippen molar-refractivity contribution in [3.05, 3.63) is 57.5 Å². The third kappa shape index (κ3) is 2.71. The molecule has 0 amide bonds. The van der Waals surface area contributed by atoms with Gasteiger partial charge in [-0.25, -0.2) is 0 Å². The summed E-state index contributed by atoms with van der Waals surface area (Å²) >= 11 is 7.03. The van der Waals surface area contributed by atoms with E-state index in [9.17, 15) is 0 Å². The molecule has 0 nitrogen and oxygen atoms in total. The Morgan fingerprint density at radius 3 is 2.29 bits per heavy atom. The minimum Gasteiger partial charge on any atom is -0.118 e. The van der Waals surface area contributed by atoms with E-state index in [-0.39, 0.29) is 37.7 Å². The molecule has 3 aromatic rings. The Morgan fingerprint density at radius 2 is 1.47 bits per heavy atom. The van der Waals surface area contributed by atoms with Gasteiger partial charge in [-0.05, 0) is 4.47 Å².